The Balaban J connectivity index is 2.29. The first kappa shape index (κ1) is 10.6. The minimum atomic E-state index is -0.702. The van der Waals surface area contributed by atoms with Crippen LogP contribution in [-0.2, 0) is 0 Å². The van der Waals surface area contributed by atoms with Gasteiger partial charge in [0.2, 0.25) is 0 Å². The van der Waals surface area contributed by atoms with E-state index in [0.717, 1.165) is 12.1 Å². The average Bonchev–Trinajstić information content (AvgIpc) is 2.74. The van der Waals surface area contributed by atoms with E-state index >= 15 is 0 Å². The fourth-order valence-corrected chi connectivity index (χ4v) is 1.71. The zero-order valence-corrected chi connectivity index (χ0v) is 9.01. The molecule has 3 rings (SSSR count). The molecule has 7 heteroatoms. The number of rotatable bonds is 1. The number of fused-ring (bicyclic) bond motifs is 1. The summed E-state index contributed by atoms with van der Waals surface area (Å²) in [7, 11) is 0. The number of hydrogen-bond acceptors (Lipinski definition) is 4. The standard InChI is InChI=1S/C11H7F2N5/c12-6-1-2-8(7(13)3-6)18-5-17-9-10(14)15-4-16-11(9)18/h1-5H,(H2,14,15,16). The highest BCUT2D eigenvalue weighted by molar-refractivity contribution is 5.82. The molecule has 0 atom stereocenters. The number of imidazole rings is 1. The van der Waals surface area contributed by atoms with Crippen molar-refractivity contribution in [2.45, 2.75) is 0 Å². The fraction of sp³-hybridized carbons (Fsp3) is 0. The van der Waals surface area contributed by atoms with Crippen LogP contribution >= 0.6 is 0 Å². The van der Waals surface area contributed by atoms with E-state index in [0.29, 0.717) is 11.2 Å². The van der Waals surface area contributed by atoms with Gasteiger partial charge < -0.3 is 5.73 Å². The van der Waals surface area contributed by atoms with Crippen molar-refractivity contribution in [2.24, 2.45) is 0 Å². The number of hydrogen-bond donors (Lipinski definition) is 1. The van der Waals surface area contributed by atoms with Gasteiger partial charge in [-0.1, -0.05) is 0 Å². The molecule has 0 aliphatic heterocycles. The summed E-state index contributed by atoms with van der Waals surface area (Å²) >= 11 is 0. The molecule has 0 unspecified atom stereocenters. The van der Waals surface area contributed by atoms with Crippen molar-refractivity contribution in [3.8, 4) is 5.69 Å². The lowest BCUT2D eigenvalue weighted by Crippen LogP contribution is -1.99. The SMILES string of the molecule is Nc1ncnc2c1ncn2-c1ccc(F)cc1F. The molecular weight excluding hydrogens is 240 g/mol. The lowest BCUT2D eigenvalue weighted by atomic mass is 10.3. The van der Waals surface area contributed by atoms with Gasteiger partial charge in [0.05, 0.1) is 5.69 Å². The molecule has 0 aliphatic carbocycles. The summed E-state index contributed by atoms with van der Waals surface area (Å²) in [6, 6.07) is 3.27. The second kappa shape index (κ2) is 3.73. The largest absolute Gasteiger partial charge is 0.382 e. The number of nitrogens with zero attached hydrogens (tertiary/aromatic N) is 4. The molecule has 90 valence electrons. The van der Waals surface area contributed by atoms with Gasteiger partial charge in [0.15, 0.2) is 17.0 Å². The predicted molar refractivity (Wildman–Crippen MR) is 61.0 cm³/mol. The predicted octanol–water partition coefficient (Wildman–Crippen LogP) is 1.68. The molecule has 0 bridgehead atoms. The molecule has 0 saturated heterocycles. The Morgan fingerprint density at radius 3 is 2.72 bits per heavy atom. The second-order valence-electron chi connectivity index (χ2n) is 3.64. The Bertz CT molecular complexity index is 737. The summed E-state index contributed by atoms with van der Waals surface area (Å²) < 4.78 is 27.9. The Morgan fingerprint density at radius 1 is 1.11 bits per heavy atom. The van der Waals surface area contributed by atoms with Crippen molar-refractivity contribution >= 4 is 17.0 Å². The minimum Gasteiger partial charge on any atom is -0.382 e. The Kier molecular flexibility index (Phi) is 2.19. The maximum Gasteiger partial charge on any atom is 0.170 e. The van der Waals surface area contributed by atoms with Gasteiger partial charge in [-0.25, -0.2) is 23.7 Å². The van der Waals surface area contributed by atoms with Gasteiger partial charge in [-0.3, -0.25) is 4.57 Å². The maximum absolute atomic E-state index is 13.7. The van der Waals surface area contributed by atoms with E-state index in [2.05, 4.69) is 15.0 Å². The third kappa shape index (κ3) is 1.48. The number of nitrogens with two attached hydrogens (primary N) is 1. The number of anilines is 1. The van der Waals surface area contributed by atoms with Crippen LogP contribution in [0.5, 0.6) is 0 Å². The van der Waals surface area contributed by atoms with Crippen molar-refractivity contribution in [3.63, 3.8) is 0 Å². The molecule has 2 heterocycles. The number of aromatic nitrogens is 4. The van der Waals surface area contributed by atoms with Gasteiger partial charge in [-0.2, -0.15) is 0 Å². The molecule has 18 heavy (non-hydrogen) atoms. The van der Waals surface area contributed by atoms with Gasteiger partial charge in [-0.05, 0) is 12.1 Å². The molecule has 5 nitrogen and oxygen atoms in total. The van der Waals surface area contributed by atoms with Crippen LogP contribution in [0.25, 0.3) is 16.9 Å². The quantitative estimate of drug-likeness (QED) is 0.710. The third-order valence-electron chi connectivity index (χ3n) is 2.53. The van der Waals surface area contributed by atoms with Crippen LogP contribution in [0, 0.1) is 11.6 Å². The molecule has 0 saturated carbocycles. The van der Waals surface area contributed by atoms with Crippen molar-refractivity contribution in [2.75, 3.05) is 5.73 Å². The lowest BCUT2D eigenvalue weighted by molar-refractivity contribution is 0.578. The van der Waals surface area contributed by atoms with E-state index in [9.17, 15) is 8.78 Å². The van der Waals surface area contributed by atoms with E-state index in [1.807, 2.05) is 0 Å². The summed E-state index contributed by atoms with van der Waals surface area (Å²) in [6.07, 6.45) is 2.63. The van der Waals surface area contributed by atoms with Crippen LogP contribution in [0.3, 0.4) is 0 Å². The van der Waals surface area contributed by atoms with Gasteiger partial charge in [-0.15, -0.1) is 0 Å². The van der Waals surface area contributed by atoms with Crippen molar-refractivity contribution in [3.05, 3.63) is 42.5 Å². The van der Waals surface area contributed by atoms with E-state index < -0.39 is 11.6 Å². The Hall–Kier alpha value is -2.57. The summed E-state index contributed by atoms with van der Waals surface area (Å²) in [5.41, 5.74) is 6.52. The number of nitrogen functional groups attached to an aromatic ring is 1. The van der Waals surface area contributed by atoms with E-state index in [1.165, 1.54) is 23.3 Å². The maximum atomic E-state index is 13.7. The van der Waals surface area contributed by atoms with Crippen LogP contribution in [0.15, 0.2) is 30.9 Å². The Labute approximate surface area is 99.9 Å². The topological polar surface area (TPSA) is 69.6 Å². The normalized spacial score (nSPS) is 11.0. The Morgan fingerprint density at radius 2 is 1.94 bits per heavy atom. The van der Waals surface area contributed by atoms with E-state index in [-0.39, 0.29) is 11.5 Å². The summed E-state index contributed by atoms with van der Waals surface area (Å²) in [5.74, 6) is -1.14. The zero-order chi connectivity index (χ0) is 12.7. The molecule has 2 N–H and O–H groups in total. The molecule has 0 aliphatic rings. The van der Waals surface area contributed by atoms with Crippen LogP contribution in [0.4, 0.5) is 14.6 Å². The van der Waals surface area contributed by atoms with Crippen molar-refractivity contribution in [1.29, 1.82) is 0 Å². The molecule has 1 aromatic carbocycles. The van der Waals surface area contributed by atoms with Gasteiger partial charge in [0, 0.05) is 6.07 Å². The van der Waals surface area contributed by atoms with Gasteiger partial charge in [0.25, 0.3) is 0 Å². The van der Waals surface area contributed by atoms with Gasteiger partial charge >= 0.3 is 0 Å². The lowest BCUT2D eigenvalue weighted by Gasteiger charge is -2.04. The van der Waals surface area contributed by atoms with Crippen LogP contribution in [-0.4, -0.2) is 19.5 Å². The van der Waals surface area contributed by atoms with Crippen LogP contribution in [0.2, 0.25) is 0 Å². The molecule has 0 radical (unpaired) electrons. The third-order valence-corrected chi connectivity index (χ3v) is 2.53. The molecule has 0 spiro atoms. The first-order valence-electron chi connectivity index (χ1n) is 5.06. The highest BCUT2D eigenvalue weighted by Gasteiger charge is 2.12. The molecule has 3 aromatic rings. The van der Waals surface area contributed by atoms with Crippen LogP contribution < -0.4 is 5.73 Å². The average molecular weight is 247 g/mol. The second-order valence-corrected chi connectivity index (χ2v) is 3.64. The summed E-state index contributed by atoms with van der Waals surface area (Å²) in [4.78, 5) is 11.8. The first-order valence-corrected chi connectivity index (χ1v) is 5.06. The summed E-state index contributed by atoms with van der Waals surface area (Å²) in [5, 5.41) is 0. The molecule has 2 aromatic heterocycles. The van der Waals surface area contributed by atoms with Crippen LogP contribution in [0.1, 0.15) is 0 Å². The monoisotopic (exact) mass is 247 g/mol. The molecular formula is C11H7F2N5. The number of halogens is 2. The minimum absolute atomic E-state index is 0.150. The van der Waals surface area contributed by atoms with Gasteiger partial charge in [0.1, 0.15) is 24.3 Å². The van der Waals surface area contributed by atoms with E-state index in [1.54, 1.807) is 0 Å². The molecule has 0 fully saturated rings. The zero-order valence-electron chi connectivity index (χ0n) is 9.01. The highest BCUT2D eigenvalue weighted by atomic mass is 19.1. The highest BCUT2D eigenvalue weighted by Crippen LogP contribution is 2.21. The number of benzene rings is 1. The van der Waals surface area contributed by atoms with E-state index in [4.69, 9.17) is 5.73 Å². The fourth-order valence-electron chi connectivity index (χ4n) is 1.71. The summed E-state index contributed by atoms with van der Waals surface area (Å²) in [6.45, 7) is 0. The van der Waals surface area contributed by atoms with Crippen molar-refractivity contribution < 1.29 is 8.78 Å². The first-order chi connectivity index (χ1) is 8.66. The molecule has 0 amide bonds. The smallest absolute Gasteiger partial charge is 0.170 e. The van der Waals surface area contributed by atoms with Crippen molar-refractivity contribution in [1.82, 2.24) is 19.5 Å².